The van der Waals surface area contributed by atoms with Gasteiger partial charge in [-0.1, -0.05) is 32.6 Å². The molecule has 1 aliphatic carbocycles. The first-order chi connectivity index (χ1) is 11.7. The van der Waals surface area contributed by atoms with E-state index in [-0.39, 0.29) is 5.54 Å². The van der Waals surface area contributed by atoms with Gasteiger partial charge in [-0.2, -0.15) is 10.4 Å². The van der Waals surface area contributed by atoms with E-state index in [9.17, 15) is 5.26 Å². The molecule has 0 unspecified atom stereocenters. The van der Waals surface area contributed by atoms with Gasteiger partial charge in [0, 0.05) is 6.20 Å². The van der Waals surface area contributed by atoms with Gasteiger partial charge in [0.2, 0.25) is 5.88 Å². The molecule has 1 aliphatic rings. The number of rotatable bonds is 6. The SMILES string of the molecule is CCCCOc1nccc2c1c(N)nn2C1(CC#N)CCCCC1. The summed E-state index contributed by atoms with van der Waals surface area (Å²) in [6.07, 6.45) is 9.62. The van der Waals surface area contributed by atoms with Crippen LogP contribution in [-0.2, 0) is 5.54 Å². The number of nitrogens with two attached hydrogens (primary N) is 1. The largest absolute Gasteiger partial charge is 0.477 e. The molecule has 128 valence electrons. The first-order valence-electron chi connectivity index (χ1n) is 8.85. The zero-order chi connectivity index (χ0) is 17.0. The van der Waals surface area contributed by atoms with Crippen molar-refractivity contribution in [2.75, 3.05) is 12.3 Å². The molecule has 0 bridgehead atoms. The molecule has 3 rings (SSSR count). The Labute approximate surface area is 142 Å². The first kappa shape index (κ1) is 16.6. The second kappa shape index (κ2) is 7.08. The summed E-state index contributed by atoms with van der Waals surface area (Å²) in [7, 11) is 0. The van der Waals surface area contributed by atoms with E-state index in [1.165, 1.54) is 6.42 Å². The van der Waals surface area contributed by atoms with Gasteiger partial charge in [-0.3, -0.25) is 4.68 Å². The highest BCUT2D eigenvalue weighted by molar-refractivity contribution is 5.93. The minimum Gasteiger partial charge on any atom is -0.477 e. The number of anilines is 1. The predicted octanol–water partition coefficient (Wildman–Crippen LogP) is 3.77. The normalized spacial score (nSPS) is 16.8. The van der Waals surface area contributed by atoms with Crippen LogP contribution in [0.15, 0.2) is 12.3 Å². The number of hydrogen-bond donors (Lipinski definition) is 1. The molecule has 0 saturated heterocycles. The van der Waals surface area contributed by atoms with Crippen LogP contribution in [0.25, 0.3) is 10.9 Å². The van der Waals surface area contributed by atoms with Crippen molar-refractivity contribution < 1.29 is 4.74 Å². The summed E-state index contributed by atoms with van der Waals surface area (Å²) >= 11 is 0. The molecule has 2 N–H and O–H groups in total. The summed E-state index contributed by atoms with van der Waals surface area (Å²) in [4.78, 5) is 4.35. The molecular weight excluding hydrogens is 302 g/mol. The average Bonchev–Trinajstić information content (AvgIpc) is 2.95. The highest BCUT2D eigenvalue weighted by Gasteiger charge is 2.36. The minimum atomic E-state index is -0.259. The second-order valence-corrected chi connectivity index (χ2v) is 6.63. The van der Waals surface area contributed by atoms with Crippen LogP contribution in [0.5, 0.6) is 5.88 Å². The molecule has 0 atom stereocenters. The van der Waals surface area contributed by atoms with E-state index in [0.29, 0.717) is 24.7 Å². The molecule has 0 aliphatic heterocycles. The van der Waals surface area contributed by atoms with Crippen molar-refractivity contribution in [3.05, 3.63) is 12.3 Å². The number of nitriles is 1. The Bertz CT molecular complexity index is 740. The van der Waals surface area contributed by atoms with Gasteiger partial charge in [0.25, 0.3) is 0 Å². The van der Waals surface area contributed by atoms with E-state index in [1.807, 2.05) is 10.7 Å². The third-order valence-electron chi connectivity index (χ3n) is 4.96. The van der Waals surface area contributed by atoms with Crippen LogP contribution in [0.2, 0.25) is 0 Å². The highest BCUT2D eigenvalue weighted by atomic mass is 16.5. The van der Waals surface area contributed by atoms with Crippen LogP contribution in [0.4, 0.5) is 5.82 Å². The Balaban J connectivity index is 2.06. The molecule has 2 aromatic heterocycles. The van der Waals surface area contributed by atoms with E-state index in [1.54, 1.807) is 6.20 Å². The fourth-order valence-electron chi connectivity index (χ4n) is 3.67. The van der Waals surface area contributed by atoms with E-state index >= 15 is 0 Å². The Morgan fingerprint density at radius 2 is 2.17 bits per heavy atom. The molecule has 2 aromatic rings. The number of hydrogen-bond acceptors (Lipinski definition) is 5. The lowest BCUT2D eigenvalue weighted by Crippen LogP contribution is -2.36. The molecule has 1 saturated carbocycles. The van der Waals surface area contributed by atoms with Gasteiger partial charge in [0.05, 0.1) is 30.2 Å². The molecule has 0 amide bonds. The Kier molecular flexibility index (Phi) is 4.89. The Hall–Kier alpha value is -2.29. The second-order valence-electron chi connectivity index (χ2n) is 6.63. The molecule has 0 radical (unpaired) electrons. The van der Waals surface area contributed by atoms with Gasteiger partial charge in [-0.15, -0.1) is 0 Å². The van der Waals surface area contributed by atoms with Crippen molar-refractivity contribution >= 4 is 16.7 Å². The fourth-order valence-corrected chi connectivity index (χ4v) is 3.67. The lowest BCUT2D eigenvalue weighted by molar-refractivity contribution is 0.185. The average molecular weight is 327 g/mol. The number of nitrogen functional groups attached to an aromatic ring is 1. The maximum Gasteiger partial charge on any atom is 0.226 e. The van der Waals surface area contributed by atoms with Gasteiger partial charge in [-0.05, 0) is 25.3 Å². The molecule has 6 nitrogen and oxygen atoms in total. The quantitative estimate of drug-likeness (QED) is 0.816. The molecular formula is C18H25N5O. The highest BCUT2D eigenvalue weighted by Crippen LogP contribution is 2.41. The molecule has 24 heavy (non-hydrogen) atoms. The van der Waals surface area contributed by atoms with Gasteiger partial charge in [0.1, 0.15) is 5.39 Å². The van der Waals surface area contributed by atoms with Crippen molar-refractivity contribution in [3.8, 4) is 11.9 Å². The van der Waals surface area contributed by atoms with Gasteiger partial charge in [-0.25, -0.2) is 4.98 Å². The number of ether oxygens (including phenoxy) is 1. The summed E-state index contributed by atoms with van der Waals surface area (Å²) in [5.41, 5.74) is 6.87. The molecule has 0 aromatic carbocycles. The van der Waals surface area contributed by atoms with E-state index in [4.69, 9.17) is 10.5 Å². The molecule has 6 heteroatoms. The number of fused-ring (bicyclic) bond motifs is 1. The predicted molar refractivity (Wildman–Crippen MR) is 93.6 cm³/mol. The molecule has 1 fully saturated rings. The third kappa shape index (κ3) is 2.91. The number of nitrogens with zero attached hydrogens (tertiary/aromatic N) is 4. The smallest absolute Gasteiger partial charge is 0.226 e. The van der Waals surface area contributed by atoms with Gasteiger partial charge in [0.15, 0.2) is 5.82 Å². The summed E-state index contributed by atoms with van der Waals surface area (Å²) < 4.78 is 7.81. The van der Waals surface area contributed by atoms with Crippen LogP contribution in [0.3, 0.4) is 0 Å². The van der Waals surface area contributed by atoms with Crippen LogP contribution in [0, 0.1) is 11.3 Å². The van der Waals surface area contributed by atoms with Gasteiger partial charge < -0.3 is 10.5 Å². The van der Waals surface area contributed by atoms with Crippen molar-refractivity contribution in [1.82, 2.24) is 14.8 Å². The number of aromatic nitrogens is 3. The lowest BCUT2D eigenvalue weighted by atomic mass is 9.79. The van der Waals surface area contributed by atoms with Crippen LogP contribution < -0.4 is 10.5 Å². The van der Waals surface area contributed by atoms with E-state index < -0.39 is 0 Å². The number of unbranched alkanes of at least 4 members (excludes halogenated alkanes) is 1. The van der Waals surface area contributed by atoms with Crippen molar-refractivity contribution in [1.29, 1.82) is 5.26 Å². The Morgan fingerprint density at radius 3 is 2.88 bits per heavy atom. The summed E-state index contributed by atoms with van der Waals surface area (Å²) in [5, 5.41) is 14.8. The summed E-state index contributed by atoms with van der Waals surface area (Å²) in [6, 6.07) is 4.29. The van der Waals surface area contributed by atoms with Gasteiger partial charge >= 0.3 is 0 Å². The van der Waals surface area contributed by atoms with Crippen molar-refractivity contribution in [2.45, 2.75) is 63.8 Å². The maximum absolute atomic E-state index is 9.36. The molecule has 0 spiro atoms. The monoisotopic (exact) mass is 327 g/mol. The zero-order valence-electron chi connectivity index (χ0n) is 14.3. The number of pyridine rings is 1. The minimum absolute atomic E-state index is 0.259. The molecule has 2 heterocycles. The topological polar surface area (TPSA) is 89.8 Å². The summed E-state index contributed by atoms with van der Waals surface area (Å²) in [5.74, 6) is 0.986. The summed E-state index contributed by atoms with van der Waals surface area (Å²) in [6.45, 7) is 2.75. The zero-order valence-corrected chi connectivity index (χ0v) is 14.3. The third-order valence-corrected chi connectivity index (χ3v) is 4.96. The maximum atomic E-state index is 9.36. The standard InChI is InChI=1S/C18H25N5O/c1-2-3-13-24-17-15-14(7-12-21-17)23(22-16(15)20)18(10-11-19)8-5-4-6-9-18/h7,12H,2-6,8-10,13H2,1H3,(H2,20,22). The van der Waals surface area contributed by atoms with Crippen LogP contribution >= 0.6 is 0 Å². The van der Waals surface area contributed by atoms with Crippen molar-refractivity contribution in [3.63, 3.8) is 0 Å². The van der Waals surface area contributed by atoms with E-state index in [2.05, 4.69) is 23.1 Å². The Morgan fingerprint density at radius 1 is 1.38 bits per heavy atom. The fraction of sp³-hybridized carbons (Fsp3) is 0.611. The van der Waals surface area contributed by atoms with Crippen LogP contribution in [0.1, 0.15) is 58.3 Å². The lowest BCUT2D eigenvalue weighted by Gasteiger charge is -2.36. The van der Waals surface area contributed by atoms with Crippen molar-refractivity contribution in [2.24, 2.45) is 0 Å². The van der Waals surface area contributed by atoms with Crippen LogP contribution in [-0.4, -0.2) is 21.4 Å². The first-order valence-corrected chi connectivity index (χ1v) is 8.85. The van der Waals surface area contributed by atoms with E-state index in [0.717, 1.165) is 49.4 Å².